The van der Waals surface area contributed by atoms with E-state index in [0.717, 1.165) is 29.8 Å². The third-order valence-corrected chi connectivity index (χ3v) is 4.61. The third-order valence-electron chi connectivity index (χ3n) is 3.70. The number of Topliss-reactive ketones (excluding diaryl/α,β-unsaturated/α-hetero) is 1. The zero-order valence-electron chi connectivity index (χ0n) is 12.1. The average Bonchev–Trinajstić information content (AvgIpc) is 3.06. The SMILES string of the molecule is CC(C)CCN(CCCC(=O)c1cccs1)C1CC1. The van der Waals surface area contributed by atoms with Crippen LogP contribution in [0.3, 0.4) is 0 Å². The molecule has 0 bridgehead atoms. The molecule has 0 N–H and O–H groups in total. The first-order valence-corrected chi connectivity index (χ1v) is 8.35. The van der Waals surface area contributed by atoms with Gasteiger partial charge in [-0.2, -0.15) is 0 Å². The molecule has 19 heavy (non-hydrogen) atoms. The highest BCUT2D eigenvalue weighted by Gasteiger charge is 2.28. The van der Waals surface area contributed by atoms with Crippen molar-refractivity contribution in [3.8, 4) is 0 Å². The lowest BCUT2D eigenvalue weighted by Crippen LogP contribution is -2.29. The van der Waals surface area contributed by atoms with E-state index in [1.54, 1.807) is 11.3 Å². The van der Waals surface area contributed by atoms with Crippen LogP contribution in [0.25, 0.3) is 0 Å². The topological polar surface area (TPSA) is 20.3 Å². The molecule has 1 aliphatic carbocycles. The Hall–Kier alpha value is -0.670. The van der Waals surface area contributed by atoms with E-state index < -0.39 is 0 Å². The van der Waals surface area contributed by atoms with Crippen LogP contribution in [0.1, 0.15) is 55.6 Å². The molecule has 1 aromatic rings. The molecule has 1 aliphatic rings. The molecule has 1 aromatic heterocycles. The third kappa shape index (κ3) is 5.07. The van der Waals surface area contributed by atoms with Gasteiger partial charge in [0.1, 0.15) is 0 Å². The highest BCUT2D eigenvalue weighted by atomic mass is 32.1. The van der Waals surface area contributed by atoms with Gasteiger partial charge < -0.3 is 4.90 Å². The number of carbonyl (C=O) groups excluding carboxylic acids is 1. The molecule has 0 amide bonds. The van der Waals surface area contributed by atoms with Gasteiger partial charge in [-0.25, -0.2) is 0 Å². The molecular formula is C16H25NOS. The largest absolute Gasteiger partial charge is 0.300 e. The van der Waals surface area contributed by atoms with Crippen molar-refractivity contribution in [1.82, 2.24) is 4.90 Å². The van der Waals surface area contributed by atoms with E-state index >= 15 is 0 Å². The lowest BCUT2D eigenvalue weighted by Gasteiger charge is -2.22. The second-order valence-corrected chi connectivity index (χ2v) is 6.90. The molecule has 0 atom stereocenters. The first kappa shape index (κ1) is 14.7. The van der Waals surface area contributed by atoms with Crippen molar-refractivity contribution in [2.24, 2.45) is 5.92 Å². The van der Waals surface area contributed by atoms with E-state index in [1.807, 2.05) is 17.5 Å². The van der Waals surface area contributed by atoms with Crippen molar-refractivity contribution < 1.29 is 4.79 Å². The molecule has 0 radical (unpaired) electrons. The van der Waals surface area contributed by atoms with Gasteiger partial charge in [-0.1, -0.05) is 19.9 Å². The van der Waals surface area contributed by atoms with Gasteiger partial charge in [0.05, 0.1) is 4.88 Å². The fourth-order valence-electron chi connectivity index (χ4n) is 2.34. The fraction of sp³-hybridized carbons (Fsp3) is 0.688. The second kappa shape index (κ2) is 7.20. The van der Waals surface area contributed by atoms with Gasteiger partial charge in [-0.3, -0.25) is 4.79 Å². The summed E-state index contributed by atoms with van der Waals surface area (Å²) in [6.07, 6.45) is 5.69. The predicted octanol–water partition coefficient (Wildman–Crippen LogP) is 4.22. The smallest absolute Gasteiger partial charge is 0.172 e. The van der Waals surface area contributed by atoms with Crippen LogP contribution in [0.5, 0.6) is 0 Å². The van der Waals surface area contributed by atoms with Crippen LogP contribution in [-0.4, -0.2) is 29.8 Å². The summed E-state index contributed by atoms with van der Waals surface area (Å²) in [5.74, 6) is 1.09. The van der Waals surface area contributed by atoms with Gasteiger partial charge in [0, 0.05) is 12.5 Å². The molecule has 106 valence electrons. The van der Waals surface area contributed by atoms with Crippen LogP contribution < -0.4 is 0 Å². The highest BCUT2D eigenvalue weighted by molar-refractivity contribution is 7.12. The number of hydrogen-bond donors (Lipinski definition) is 0. The number of hydrogen-bond acceptors (Lipinski definition) is 3. The summed E-state index contributed by atoms with van der Waals surface area (Å²) in [6.45, 7) is 6.86. The Morgan fingerprint density at radius 3 is 2.79 bits per heavy atom. The molecule has 1 saturated carbocycles. The van der Waals surface area contributed by atoms with Gasteiger partial charge in [-0.05, 0) is 56.1 Å². The minimum Gasteiger partial charge on any atom is -0.300 e. The van der Waals surface area contributed by atoms with Crippen molar-refractivity contribution in [1.29, 1.82) is 0 Å². The Balaban J connectivity index is 1.69. The Kier molecular flexibility index (Phi) is 5.59. The maximum atomic E-state index is 11.9. The van der Waals surface area contributed by atoms with Crippen molar-refractivity contribution in [3.05, 3.63) is 22.4 Å². The number of rotatable bonds is 9. The average molecular weight is 279 g/mol. The lowest BCUT2D eigenvalue weighted by molar-refractivity contribution is 0.0977. The van der Waals surface area contributed by atoms with Crippen molar-refractivity contribution in [3.63, 3.8) is 0 Å². The summed E-state index contributed by atoms with van der Waals surface area (Å²) >= 11 is 1.56. The van der Waals surface area contributed by atoms with Crippen molar-refractivity contribution in [2.45, 2.75) is 52.0 Å². The van der Waals surface area contributed by atoms with Crippen LogP contribution in [0.15, 0.2) is 17.5 Å². The van der Waals surface area contributed by atoms with Crippen LogP contribution in [-0.2, 0) is 0 Å². The lowest BCUT2D eigenvalue weighted by atomic mass is 10.1. The standard InChI is InChI=1S/C16H25NOS/c1-13(2)9-11-17(14-7-8-14)10-3-5-15(18)16-6-4-12-19-16/h4,6,12-14H,3,5,7-11H2,1-2H3. The number of thiophene rings is 1. The molecular weight excluding hydrogens is 254 g/mol. The van der Waals surface area contributed by atoms with Gasteiger partial charge in [0.2, 0.25) is 0 Å². The molecule has 0 spiro atoms. The second-order valence-electron chi connectivity index (χ2n) is 5.95. The zero-order chi connectivity index (χ0) is 13.7. The quantitative estimate of drug-likeness (QED) is 0.631. The highest BCUT2D eigenvalue weighted by Crippen LogP contribution is 2.27. The summed E-state index contributed by atoms with van der Waals surface area (Å²) in [5, 5.41) is 1.98. The molecule has 3 heteroatoms. The van der Waals surface area contributed by atoms with Gasteiger partial charge in [-0.15, -0.1) is 11.3 Å². The monoisotopic (exact) mass is 279 g/mol. The minimum atomic E-state index is 0.314. The Labute approximate surface area is 120 Å². The van der Waals surface area contributed by atoms with Crippen LogP contribution in [0.2, 0.25) is 0 Å². The number of ketones is 1. The number of carbonyl (C=O) groups is 1. The summed E-state index contributed by atoms with van der Waals surface area (Å²) in [4.78, 5) is 15.4. The molecule has 0 aromatic carbocycles. The molecule has 0 saturated heterocycles. The molecule has 0 aliphatic heterocycles. The Morgan fingerprint density at radius 1 is 1.42 bits per heavy atom. The summed E-state index contributed by atoms with van der Waals surface area (Å²) in [7, 11) is 0. The van der Waals surface area contributed by atoms with Crippen molar-refractivity contribution >= 4 is 17.1 Å². The first-order valence-electron chi connectivity index (χ1n) is 7.47. The Morgan fingerprint density at radius 2 is 2.21 bits per heavy atom. The van der Waals surface area contributed by atoms with E-state index in [9.17, 15) is 4.79 Å². The normalized spacial score (nSPS) is 15.4. The maximum Gasteiger partial charge on any atom is 0.172 e. The molecule has 2 rings (SSSR count). The van der Waals surface area contributed by atoms with Gasteiger partial charge in [0.25, 0.3) is 0 Å². The zero-order valence-corrected chi connectivity index (χ0v) is 12.9. The van der Waals surface area contributed by atoms with Crippen LogP contribution in [0, 0.1) is 5.92 Å². The van der Waals surface area contributed by atoms with Crippen molar-refractivity contribution in [2.75, 3.05) is 13.1 Å². The van der Waals surface area contributed by atoms with E-state index in [1.165, 1.54) is 25.8 Å². The fourth-order valence-corrected chi connectivity index (χ4v) is 3.04. The van der Waals surface area contributed by atoms with E-state index in [-0.39, 0.29) is 0 Å². The molecule has 0 unspecified atom stereocenters. The maximum absolute atomic E-state index is 11.9. The summed E-state index contributed by atoms with van der Waals surface area (Å²) in [6, 6.07) is 4.71. The predicted molar refractivity (Wildman–Crippen MR) is 81.9 cm³/mol. The molecule has 1 fully saturated rings. The van der Waals surface area contributed by atoms with E-state index in [0.29, 0.717) is 12.2 Å². The van der Waals surface area contributed by atoms with Crippen LogP contribution >= 0.6 is 11.3 Å². The minimum absolute atomic E-state index is 0.314. The van der Waals surface area contributed by atoms with Gasteiger partial charge in [0.15, 0.2) is 5.78 Å². The molecule has 1 heterocycles. The van der Waals surface area contributed by atoms with Crippen LogP contribution in [0.4, 0.5) is 0 Å². The molecule has 2 nitrogen and oxygen atoms in total. The van der Waals surface area contributed by atoms with E-state index in [2.05, 4.69) is 18.7 Å². The number of nitrogens with zero attached hydrogens (tertiary/aromatic N) is 1. The Bertz CT molecular complexity index is 381. The van der Waals surface area contributed by atoms with E-state index in [4.69, 9.17) is 0 Å². The summed E-state index contributed by atoms with van der Waals surface area (Å²) in [5.41, 5.74) is 0. The summed E-state index contributed by atoms with van der Waals surface area (Å²) < 4.78 is 0. The van der Waals surface area contributed by atoms with Gasteiger partial charge >= 0.3 is 0 Å². The first-order chi connectivity index (χ1) is 9.16.